The first-order valence-corrected chi connectivity index (χ1v) is 12.7. The van der Waals surface area contributed by atoms with Crippen LogP contribution in [0.25, 0.3) is 0 Å². The van der Waals surface area contributed by atoms with E-state index in [1.165, 1.54) is 5.56 Å². The van der Waals surface area contributed by atoms with Gasteiger partial charge in [0.25, 0.3) is 0 Å². The van der Waals surface area contributed by atoms with E-state index in [0.29, 0.717) is 40.6 Å². The highest BCUT2D eigenvalue weighted by atomic mass is 32.2. The van der Waals surface area contributed by atoms with Gasteiger partial charge in [-0.15, -0.1) is 11.8 Å². The highest BCUT2D eigenvalue weighted by Crippen LogP contribution is 2.33. The lowest BCUT2D eigenvalue weighted by atomic mass is 10.0. The molecule has 0 spiro atoms. The molecule has 0 radical (unpaired) electrons. The molecule has 0 unspecified atom stereocenters. The van der Waals surface area contributed by atoms with Crippen molar-refractivity contribution in [1.29, 1.82) is 10.5 Å². The summed E-state index contributed by atoms with van der Waals surface area (Å²) in [6, 6.07) is 13.0. The number of carbonyl (C=O) groups is 1. The van der Waals surface area contributed by atoms with Crippen molar-refractivity contribution < 1.29 is 4.79 Å². The molecule has 1 fully saturated rings. The number of rotatable bonds is 9. The fraction of sp³-hybridized carbons (Fsp3) is 0.462. The molecule has 1 aromatic heterocycles. The van der Waals surface area contributed by atoms with Crippen molar-refractivity contribution in [3.05, 3.63) is 52.1 Å². The van der Waals surface area contributed by atoms with Gasteiger partial charge in [0.15, 0.2) is 0 Å². The highest BCUT2D eigenvalue weighted by Gasteiger charge is 2.24. The number of nitrogens with zero attached hydrogens (tertiary/aromatic N) is 5. The molecule has 0 aliphatic carbocycles. The lowest BCUT2D eigenvalue weighted by molar-refractivity contribution is -0.118. The predicted octanol–water partition coefficient (Wildman–Crippen LogP) is 3.63. The fourth-order valence-corrected chi connectivity index (χ4v) is 5.16. The second-order valence-corrected chi connectivity index (χ2v) is 9.58. The van der Waals surface area contributed by atoms with E-state index in [4.69, 9.17) is 10.7 Å². The monoisotopic (exact) mass is 476 g/mol. The summed E-state index contributed by atoms with van der Waals surface area (Å²) in [5, 5.41) is 20.6. The highest BCUT2D eigenvalue weighted by molar-refractivity contribution is 7.98. The summed E-state index contributed by atoms with van der Waals surface area (Å²) in [4.78, 5) is 20.3. The Balaban J connectivity index is 1.82. The quantitative estimate of drug-likeness (QED) is 0.550. The van der Waals surface area contributed by atoms with E-state index in [2.05, 4.69) is 53.3 Å². The van der Waals surface area contributed by atoms with E-state index in [-0.39, 0.29) is 5.91 Å². The number of carbonyl (C=O) groups excluding carboxylic acids is 1. The van der Waals surface area contributed by atoms with Gasteiger partial charge in [-0.2, -0.15) is 10.5 Å². The largest absolute Gasteiger partial charge is 0.370 e. The van der Waals surface area contributed by atoms with Crippen molar-refractivity contribution in [2.45, 2.75) is 49.8 Å². The first kappa shape index (κ1) is 25.6. The van der Waals surface area contributed by atoms with Gasteiger partial charge in [0.05, 0.1) is 11.1 Å². The summed E-state index contributed by atoms with van der Waals surface area (Å²) in [6.45, 7) is 5.59. The van der Waals surface area contributed by atoms with E-state index in [0.717, 1.165) is 56.6 Å². The van der Waals surface area contributed by atoms with Crippen molar-refractivity contribution in [3.8, 4) is 12.1 Å². The average molecular weight is 477 g/mol. The van der Waals surface area contributed by atoms with E-state index in [9.17, 15) is 15.3 Å². The molecule has 0 bridgehead atoms. The molecule has 3 rings (SSSR count). The Morgan fingerprint density at radius 3 is 2.44 bits per heavy atom. The van der Waals surface area contributed by atoms with Gasteiger partial charge in [-0.25, -0.2) is 4.98 Å². The molecule has 1 aliphatic rings. The summed E-state index contributed by atoms with van der Waals surface area (Å²) >= 11 is 1.54. The van der Waals surface area contributed by atoms with Crippen molar-refractivity contribution in [1.82, 2.24) is 9.88 Å². The number of aromatic nitrogens is 1. The van der Waals surface area contributed by atoms with Crippen molar-refractivity contribution in [2.24, 2.45) is 5.73 Å². The maximum absolute atomic E-state index is 10.9. The number of nitriles is 2. The van der Waals surface area contributed by atoms with Gasteiger partial charge >= 0.3 is 0 Å². The Hall–Kier alpha value is -3.07. The van der Waals surface area contributed by atoms with Gasteiger partial charge in [-0.05, 0) is 56.0 Å². The number of aryl methyl sites for hydroxylation is 1. The van der Waals surface area contributed by atoms with Crippen LogP contribution in [0.4, 0.5) is 5.82 Å². The number of benzene rings is 1. The van der Waals surface area contributed by atoms with Crippen LogP contribution in [0.1, 0.15) is 54.0 Å². The van der Waals surface area contributed by atoms with Crippen LogP contribution in [0, 0.1) is 22.7 Å². The molecule has 2 N–H and O–H groups in total. The van der Waals surface area contributed by atoms with E-state index in [1.54, 1.807) is 11.8 Å². The van der Waals surface area contributed by atoms with Crippen LogP contribution in [0.5, 0.6) is 0 Å². The van der Waals surface area contributed by atoms with Gasteiger partial charge in [-0.3, -0.25) is 4.79 Å². The van der Waals surface area contributed by atoms with Crippen molar-refractivity contribution >= 4 is 23.5 Å². The van der Waals surface area contributed by atoms with Crippen molar-refractivity contribution in [2.75, 3.05) is 38.1 Å². The molecule has 178 valence electrons. The smallest absolute Gasteiger partial charge is 0.217 e. The van der Waals surface area contributed by atoms with Gasteiger partial charge in [0.2, 0.25) is 5.91 Å². The molecule has 1 aromatic carbocycles. The van der Waals surface area contributed by atoms with Gasteiger partial charge in [-0.1, -0.05) is 31.2 Å². The molecule has 8 heteroatoms. The SMILES string of the molecule is CCc1c(C#N)c(SCc2ccc(CCCC(N)=O)cc2)nc(N2CCCN(C)CC2)c1C#N. The van der Waals surface area contributed by atoms with Crippen molar-refractivity contribution in [3.63, 3.8) is 0 Å². The Kier molecular flexibility index (Phi) is 9.33. The number of nitrogens with two attached hydrogens (primary N) is 1. The lowest BCUT2D eigenvalue weighted by Gasteiger charge is -2.25. The number of hydrogen-bond acceptors (Lipinski definition) is 7. The van der Waals surface area contributed by atoms with E-state index >= 15 is 0 Å². The Morgan fingerprint density at radius 1 is 1.09 bits per heavy atom. The minimum Gasteiger partial charge on any atom is -0.370 e. The Labute approximate surface area is 206 Å². The summed E-state index contributed by atoms with van der Waals surface area (Å²) in [6.07, 6.45) is 3.59. The first-order valence-electron chi connectivity index (χ1n) is 11.8. The van der Waals surface area contributed by atoms with Crippen LogP contribution < -0.4 is 10.6 Å². The van der Waals surface area contributed by atoms with Gasteiger partial charge in [0.1, 0.15) is 23.0 Å². The molecular weight excluding hydrogens is 444 g/mol. The van der Waals surface area contributed by atoms with Gasteiger partial charge in [0, 0.05) is 31.8 Å². The molecule has 34 heavy (non-hydrogen) atoms. The maximum Gasteiger partial charge on any atom is 0.217 e. The predicted molar refractivity (Wildman–Crippen MR) is 136 cm³/mol. The summed E-state index contributed by atoms with van der Waals surface area (Å²) < 4.78 is 0. The zero-order chi connectivity index (χ0) is 24.5. The minimum absolute atomic E-state index is 0.269. The number of primary amides is 1. The molecular formula is C26H32N6OS. The molecule has 1 amide bonds. The number of pyridine rings is 1. The van der Waals surface area contributed by atoms with Crippen LogP contribution in [-0.4, -0.2) is 49.0 Å². The summed E-state index contributed by atoms with van der Waals surface area (Å²) in [7, 11) is 2.11. The van der Waals surface area contributed by atoms with E-state index < -0.39 is 0 Å². The summed E-state index contributed by atoms with van der Waals surface area (Å²) in [5.41, 5.74) is 9.37. The van der Waals surface area contributed by atoms with Crippen LogP contribution in [0.15, 0.2) is 29.3 Å². The normalized spacial score (nSPS) is 14.3. The molecule has 0 saturated carbocycles. The minimum atomic E-state index is -0.269. The number of thioether (sulfide) groups is 1. The third-order valence-corrected chi connectivity index (χ3v) is 7.18. The second-order valence-electron chi connectivity index (χ2n) is 8.62. The number of likely N-dealkylation sites (N-methyl/N-ethyl adjacent to an activating group) is 1. The maximum atomic E-state index is 10.9. The summed E-state index contributed by atoms with van der Waals surface area (Å²) in [5.74, 6) is 1.12. The van der Waals surface area contributed by atoms with Crippen LogP contribution in [0.3, 0.4) is 0 Å². The number of hydrogen-bond donors (Lipinski definition) is 1. The van der Waals surface area contributed by atoms with Gasteiger partial charge < -0.3 is 15.5 Å². The van der Waals surface area contributed by atoms with E-state index in [1.807, 2.05) is 6.92 Å². The van der Waals surface area contributed by atoms with Crippen LogP contribution >= 0.6 is 11.8 Å². The van der Waals surface area contributed by atoms with Crippen LogP contribution in [0.2, 0.25) is 0 Å². The average Bonchev–Trinajstić information content (AvgIpc) is 3.06. The Bertz CT molecular complexity index is 1090. The number of amides is 1. The number of anilines is 1. The molecule has 2 aromatic rings. The standard InChI is InChI=1S/C26H32N6OS/c1-3-21-22(16-27)25(32-13-5-12-31(2)14-15-32)30-26(23(21)17-28)34-18-20-10-8-19(9-11-20)6-4-7-24(29)33/h8-11H,3-7,12-15,18H2,1-2H3,(H2,29,33). The molecule has 0 atom stereocenters. The lowest BCUT2D eigenvalue weighted by Crippen LogP contribution is -2.30. The molecule has 1 saturated heterocycles. The fourth-order valence-electron chi connectivity index (χ4n) is 4.20. The zero-order valence-corrected chi connectivity index (χ0v) is 20.8. The topological polar surface area (TPSA) is 110 Å². The Morgan fingerprint density at radius 2 is 1.79 bits per heavy atom. The molecule has 7 nitrogen and oxygen atoms in total. The second kappa shape index (κ2) is 12.4. The third kappa shape index (κ3) is 6.50. The third-order valence-electron chi connectivity index (χ3n) is 6.13. The van der Waals surface area contributed by atoms with Crippen LogP contribution in [-0.2, 0) is 23.4 Å². The molecule has 2 heterocycles. The molecule has 1 aliphatic heterocycles. The first-order chi connectivity index (χ1) is 16.5. The zero-order valence-electron chi connectivity index (χ0n) is 20.0.